The molecule has 0 N–H and O–H groups in total. The highest BCUT2D eigenvalue weighted by molar-refractivity contribution is 9.10. The van der Waals surface area contributed by atoms with E-state index < -0.39 is 0 Å². The molecule has 2 nitrogen and oxygen atoms in total. The number of nitrogens with zero attached hydrogens (tertiary/aromatic N) is 2. The highest BCUT2D eigenvalue weighted by atomic mass is 79.9. The quantitative estimate of drug-likeness (QED) is 0.838. The van der Waals surface area contributed by atoms with Crippen molar-refractivity contribution in [2.24, 2.45) is 0 Å². The van der Waals surface area contributed by atoms with Crippen LogP contribution in [0.3, 0.4) is 0 Å². The van der Waals surface area contributed by atoms with Crippen molar-refractivity contribution in [3.05, 3.63) is 34.4 Å². The van der Waals surface area contributed by atoms with E-state index in [4.69, 9.17) is 0 Å². The Morgan fingerprint density at radius 2 is 2.23 bits per heavy atom. The SMILES string of the molecule is Brc1ccc(Sc2nccs2)nc1. The molecule has 0 amide bonds. The van der Waals surface area contributed by atoms with Gasteiger partial charge in [0, 0.05) is 22.2 Å². The Labute approximate surface area is 92.6 Å². The van der Waals surface area contributed by atoms with Crippen LogP contribution in [-0.2, 0) is 0 Å². The van der Waals surface area contributed by atoms with E-state index in [1.165, 1.54) is 0 Å². The average Bonchev–Trinajstić information content (AvgIpc) is 2.62. The highest BCUT2D eigenvalue weighted by Gasteiger charge is 1.99. The van der Waals surface area contributed by atoms with E-state index in [1.54, 1.807) is 35.5 Å². The summed E-state index contributed by atoms with van der Waals surface area (Å²) < 4.78 is 2.02. The van der Waals surface area contributed by atoms with Crippen molar-refractivity contribution in [2.75, 3.05) is 0 Å². The Morgan fingerprint density at radius 1 is 1.31 bits per heavy atom. The fraction of sp³-hybridized carbons (Fsp3) is 0. The van der Waals surface area contributed by atoms with Crippen LogP contribution in [-0.4, -0.2) is 9.97 Å². The molecule has 2 aromatic rings. The number of halogens is 1. The maximum absolute atomic E-state index is 4.24. The maximum atomic E-state index is 4.24. The second kappa shape index (κ2) is 4.21. The Balaban J connectivity index is 2.15. The fourth-order valence-corrected chi connectivity index (χ4v) is 2.52. The lowest BCUT2D eigenvalue weighted by molar-refractivity contribution is 1.12. The molecule has 2 heterocycles. The van der Waals surface area contributed by atoms with Crippen LogP contribution in [0.2, 0.25) is 0 Å². The van der Waals surface area contributed by atoms with Gasteiger partial charge in [-0.15, -0.1) is 11.3 Å². The predicted molar refractivity (Wildman–Crippen MR) is 58.2 cm³/mol. The van der Waals surface area contributed by atoms with E-state index in [1.807, 2.05) is 17.5 Å². The summed E-state index contributed by atoms with van der Waals surface area (Å²) in [5, 5.41) is 2.93. The van der Waals surface area contributed by atoms with Crippen LogP contribution in [0.5, 0.6) is 0 Å². The van der Waals surface area contributed by atoms with Crippen LogP contribution >= 0.6 is 39.0 Å². The van der Waals surface area contributed by atoms with E-state index in [0.29, 0.717) is 0 Å². The molecule has 66 valence electrons. The molecule has 2 aromatic heterocycles. The molecule has 13 heavy (non-hydrogen) atoms. The third kappa shape index (κ3) is 2.52. The van der Waals surface area contributed by atoms with Crippen molar-refractivity contribution < 1.29 is 0 Å². The van der Waals surface area contributed by atoms with Gasteiger partial charge in [0.1, 0.15) is 5.03 Å². The number of hydrogen-bond acceptors (Lipinski definition) is 4. The lowest BCUT2D eigenvalue weighted by Gasteiger charge is -1.95. The van der Waals surface area contributed by atoms with Gasteiger partial charge in [-0.25, -0.2) is 9.97 Å². The topological polar surface area (TPSA) is 25.8 Å². The van der Waals surface area contributed by atoms with Gasteiger partial charge in [0.15, 0.2) is 4.34 Å². The Bertz CT molecular complexity index is 372. The Kier molecular flexibility index (Phi) is 2.97. The molecule has 0 spiro atoms. The summed E-state index contributed by atoms with van der Waals surface area (Å²) in [5.74, 6) is 0. The fourth-order valence-electron chi connectivity index (χ4n) is 0.773. The average molecular weight is 273 g/mol. The van der Waals surface area contributed by atoms with Gasteiger partial charge in [-0.05, 0) is 39.8 Å². The maximum Gasteiger partial charge on any atom is 0.156 e. The molecule has 0 aliphatic heterocycles. The molecule has 0 radical (unpaired) electrons. The summed E-state index contributed by atoms with van der Waals surface area (Å²) in [6.45, 7) is 0. The van der Waals surface area contributed by atoms with Crippen molar-refractivity contribution in [1.29, 1.82) is 0 Å². The van der Waals surface area contributed by atoms with Gasteiger partial charge in [0.05, 0.1) is 0 Å². The van der Waals surface area contributed by atoms with E-state index >= 15 is 0 Å². The minimum absolute atomic E-state index is 0.971. The molecule has 2 rings (SSSR count). The predicted octanol–water partition coefficient (Wildman–Crippen LogP) is 3.45. The zero-order valence-corrected chi connectivity index (χ0v) is 9.69. The lowest BCUT2D eigenvalue weighted by atomic mass is 10.5. The molecule has 5 heteroatoms. The smallest absolute Gasteiger partial charge is 0.156 e. The van der Waals surface area contributed by atoms with Crippen LogP contribution < -0.4 is 0 Å². The zero-order chi connectivity index (χ0) is 9.10. The van der Waals surface area contributed by atoms with E-state index in [0.717, 1.165) is 13.8 Å². The largest absolute Gasteiger partial charge is 0.248 e. The summed E-state index contributed by atoms with van der Waals surface area (Å²) in [7, 11) is 0. The van der Waals surface area contributed by atoms with Crippen molar-refractivity contribution >= 4 is 39.0 Å². The minimum atomic E-state index is 0.971. The van der Waals surface area contributed by atoms with Gasteiger partial charge < -0.3 is 0 Å². The second-order valence-electron chi connectivity index (χ2n) is 2.21. The standard InChI is InChI=1S/C8H5BrN2S2/c9-6-1-2-7(11-5-6)13-8-10-3-4-12-8/h1-5H. The minimum Gasteiger partial charge on any atom is -0.248 e. The summed E-state index contributed by atoms with van der Waals surface area (Å²) in [6, 6.07) is 3.94. The van der Waals surface area contributed by atoms with E-state index in [9.17, 15) is 0 Å². The Hall–Kier alpha value is -0.390. The van der Waals surface area contributed by atoms with E-state index in [-0.39, 0.29) is 0 Å². The molecule has 0 aliphatic carbocycles. The van der Waals surface area contributed by atoms with Crippen LogP contribution in [0.25, 0.3) is 0 Å². The molecule has 0 aromatic carbocycles. The Morgan fingerprint density at radius 3 is 2.85 bits per heavy atom. The third-order valence-electron chi connectivity index (χ3n) is 1.30. The normalized spacial score (nSPS) is 10.2. The molecule has 0 bridgehead atoms. The van der Waals surface area contributed by atoms with Gasteiger partial charge in [0.25, 0.3) is 0 Å². The molecule has 0 fully saturated rings. The third-order valence-corrected chi connectivity index (χ3v) is 3.61. The summed E-state index contributed by atoms with van der Waals surface area (Å²) in [5.41, 5.74) is 0. The second-order valence-corrected chi connectivity index (χ2v) is 5.29. The number of pyridine rings is 1. The van der Waals surface area contributed by atoms with Crippen LogP contribution in [0, 0.1) is 0 Å². The number of hydrogen-bond donors (Lipinski definition) is 0. The number of rotatable bonds is 2. The molecule has 0 saturated heterocycles. The molecular weight excluding hydrogens is 268 g/mol. The van der Waals surface area contributed by atoms with Gasteiger partial charge in [-0.2, -0.15) is 0 Å². The molecular formula is C8H5BrN2S2. The summed E-state index contributed by atoms with van der Waals surface area (Å²) in [4.78, 5) is 8.40. The monoisotopic (exact) mass is 272 g/mol. The highest BCUT2D eigenvalue weighted by Crippen LogP contribution is 2.27. The molecule has 0 atom stereocenters. The van der Waals surface area contributed by atoms with Gasteiger partial charge in [-0.1, -0.05) is 0 Å². The number of thiazole rings is 1. The van der Waals surface area contributed by atoms with Gasteiger partial charge >= 0.3 is 0 Å². The summed E-state index contributed by atoms with van der Waals surface area (Å²) >= 11 is 6.54. The zero-order valence-electron chi connectivity index (χ0n) is 6.48. The summed E-state index contributed by atoms with van der Waals surface area (Å²) in [6.07, 6.45) is 3.59. The lowest BCUT2D eigenvalue weighted by Crippen LogP contribution is -1.77. The van der Waals surface area contributed by atoms with Gasteiger partial charge in [0.2, 0.25) is 0 Å². The first-order chi connectivity index (χ1) is 6.34. The molecule has 0 unspecified atom stereocenters. The first-order valence-corrected chi connectivity index (χ1v) is 6.02. The molecule has 0 saturated carbocycles. The van der Waals surface area contributed by atoms with Crippen molar-refractivity contribution in [3.63, 3.8) is 0 Å². The van der Waals surface area contributed by atoms with Crippen molar-refractivity contribution in [1.82, 2.24) is 9.97 Å². The number of aromatic nitrogens is 2. The first-order valence-electron chi connectivity index (χ1n) is 3.53. The van der Waals surface area contributed by atoms with Crippen molar-refractivity contribution in [3.8, 4) is 0 Å². The van der Waals surface area contributed by atoms with E-state index in [2.05, 4.69) is 25.9 Å². The van der Waals surface area contributed by atoms with Crippen LogP contribution in [0.15, 0.2) is 43.7 Å². The van der Waals surface area contributed by atoms with Crippen LogP contribution in [0.4, 0.5) is 0 Å². The van der Waals surface area contributed by atoms with Crippen LogP contribution in [0.1, 0.15) is 0 Å². The van der Waals surface area contributed by atoms with Gasteiger partial charge in [-0.3, -0.25) is 0 Å². The molecule has 0 aliphatic rings. The van der Waals surface area contributed by atoms with Crippen molar-refractivity contribution in [2.45, 2.75) is 9.37 Å². The first kappa shape index (κ1) is 9.18.